The van der Waals surface area contributed by atoms with Crippen LogP contribution in [0.3, 0.4) is 0 Å². The van der Waals surface area contributed by atoms with Crippen LogP contribution in [0, 0.1) is 12.8 Å². The van der Waals surface area contributed by atoms with Crippen LogP contribution in [0.1, 0.15) is 12.2 Å². The Morgan fingerprint density at radius 2 is 2.35 bits per heavy atom. The van der Waals surface area contributed by atoms with E-state index in [1.165, 1.54) is 0 Å². The first-order valence-corrected chi connectivity index (χ1v) is 6.73. The summed E-state index contributed by atoms with van der Waals surface area (Å²) in [5.74, 6) is 1.54. The molecule has 1 aromatic carbocycles. The minimum Gasteiger partial charge on any atom is -0.326 e. The molecular weight excluding hydrogens is 254 g/mol. The lowest BCUT2D eigenvalue weighted by molar-refractivity contribution is -0.119. The molecule has 0 saturated carbocycles. The SMILES string of the molecule is Cc1nc(-c2cccc(NC(=O)C3CCNC3)c2)n[nH]1. The molecule has 2 aromatic rings. The third kappa shape index (κ3) is 2.70. The molecule has 0 spiro atoms. The summed E-state index contributed by atoms with van der Waals surface area (Å²) in [6, 6.07) is 7.59. The lowest BCUT2D eigenvalue weighted by Gasteiger charge is -2.10. The molecule has 1 unspecified atom stereocenters. The summed E-state index contributed by atoms with van der Waals surface area (Å²) in [6.07, 6.45) is 0.894. The van der Waals surface area contributed by atoms with E-state index in [4.69, 9.17) is 0 Å². The number of H-pyrrole nitrogens is 1. The second kappa shape index (κ2) is 5.42. The normalized spacial score (nSPS) is 18.1. The van der Waals surface area contributed by atoms with Gasteiger partial charge in [0.05, 0.1) is 5.92 Å². The van der Waals surface area contributed by atoms with Gasteiger partial charge in [0.15, 0.2) is 5.82 Å². The maximum Gasteiger partial charge on any atom is 0.228 e. The van der Waals surface area contributed by atoms with Crippen LogP contribution < -0.4 is 10.6 Å². The van der Waals surface area contributed by atoms with Gasteiger partial charge in [0.2, 0.25) is 5.91 Å². The lowest BCUT2D eigenvalue weighted by Crippen LogP contribution is -2.24. The molecule has 1 aliphatic rings. The van der Waals surface area contributed by atoms with Gasteiger partial charge in [0.25, 0.3) is 0 Å². The Morgan fingerprint density at radius 1 is 1.45 bits per heavy atom. The zero-order valence-electron chi connectivity index (χ0n) is 11.3. The Kier molecular flexibility index (Phi) is 3.47. The van der Waals surface area contributed by atoms with Crippen molar-refractivity contribution in [3.8, 4) is 11.4 Å². The minimum absolute atomic E-state index is 0.0596. The van der Waals surface area contributed by atoms with E-state index in [9.17, 15) is 4.79 Å². The molecule has 1 aliphatic heterocycles. The van der Waals surface area contributed by atoms with Gasteiger partial charge < -0.3 is 10.6 Å². The number of aryl methyl sites for hydroxylation is 1. The van der Waals surface area contributed by atoms with Gasteiger partial charge in [-0.25, -0.2) is 4.98 Å². The molecule has 0 bridgehead atoms. The van der Waals surface area contributed by atoms with Crippen LogP contribution in [0.2, 0.25) is 0 Å². The molecule has 104 valence electrons. The number of rotatable bonds is 3. The summed E-state index contributed by atoms with van der Waals surface area (Å²) in [5, 5.41) is 13.1. The lowest BCUT2D eigenvalue weighted by atomic mass is 10.1. The molecule has 1 fully saturated rings. The van der Waals surface area contributed by atoms with Crippen LogP contribution in [0.25, 0.3) is 11.4 Å². The van der Waals surface area contributed by atoms with Crippen LogP contribution in [0.4, 0.5) is 5.69 Å². The fraction of sp³-hybridized carbons (Fsp3) is 0.357. The monoisotopic (exact) mass is 271 g/mol. The van der Waals surface area contributed by atoms with Gasteiger partial charge >= 0.3 is 0 Å². The number of anilines is 1. The average Bonchev–Trinajstić information content (AvgIpc) is 3.10. The molecule has 1 atom stereocenters. The first-order valence-electron chi connectivity index (χ1n) is 6.73. The predicted octanol–water partition coefficient (Wildman–Crippen LogP) is 1.33. The number of aromatic amines is 1. The van der Waals surface area contributed by atoms with E-state index in [-0.39, 0.29) is 11.8 Å². The maximum atomic E-state index is 12.1. The quantitative estimate of drug-likeness (QED) is 0.786. The van der Waals surface area contributed by atoms with E-state index in [1.807, 2.05) is 31.2 Å². The summed E-state index contributed by atoms with van der Waals surface area (Å²) in [7, 11) is 0. The van der Waals surface area contributed by atoms with Crippen LogP contribution in [0.15, 0.2) is 24.3 Å². The summed E-state index contributed by atoms with van der Waals surface area (Å²) in [4.78, 5) is 16.4. The van der Waals surface area contributed by atoms with Crippen molar-refractivity contribution >= 4 is 11.6 Å². The van der Waals surface area contributed by atoms with Crippen molar-refractivity contribution in [2.45, 2.75) is 13.3 Å². The zero-order chi connectivity index (χ0) is 13.9. The number of carbonyl (C=O) groups is 1. The third-order valence-electron chi connectivity index (χ3n) is 3.42. The van der Waals surface area contributed by atoms with Crippen molar-refractivity contribution in [2.75, 3.05) is 18.4 Å². The summed E-state index contributed by atoms with van der Waals surface area (Å²) in [6.45, 7) is 3.52. The number of nitrogens with zero attached hydrogens (tertiary/aromatic N) is 2. The van der Waals surface area contributed by atoms with E-state index >= 15 is 0 Å². The van der Waals surface area contributed by atoms with Crippen LogP contribution in [-0.2, 0) is 4.79 Å². The number of amides is 1. The van der Waals surface area contributed by atoms with Gasteiger partial charge in [0.1, 0.15) is 5.82 Å². The van der Waals surface area contributed by atoms with Crippen molar-refractivity contribution < 1.29 is 4.79 Å². The Labute approximate surface area is 117 Å². The fourth-order valence-corrected chi connectivity index (χ4v) is 2.33. The molecule has 0 radical (unpaired) electrons. The molecule has 3 rings (SSSR count). The van der Waals surface area contributed by atoms with Crippen LogP contribution in [-0.4, -0.2) is 34.2 Å². The van der Waals surface area contributed by atoms with Gasteiger partial charge in [-0.1, -0.05) is 12.1 Å². The largest absolute Gasteiger partial charge is 0.326 e. The molecule has 20 heavy (non-hydrogen) atoms. The van der Waals surface area contributed by atoms with E-state index in [2.05, 4.69) is 25.8 Å². The first kappa shape index (κ1) is 12.8. The highest BCUT2D eigenvalue weighted by atomic mass is 16.1. The molecule has 2 heterocycles. The second-order valence-corrected chi connectivity index (χ2v) is 5.00. The average molecular weight is 271 g/mol. The maximum absolute atomic E-state index is 12.1. The molecule has 6 nitrogen and oxygen atoms in total. The van der Waals surface area contributed by atoms with E-state index in [1.54, 1.807) is 0 Å². The fourth-order valence-electron chi connectivity index (χ4n) is 2.33. The number of carbonyl (C=O) groups excluding carboxylic acids is 1. The Morgan fingerprint density at radius 3 is 3.05 bits per heavy atom. The molecular formula is C14H17N5O. The molecule has 1 aromatic heterocycles. The van der Waals surface area contributed by atoms with E-state index in [0.29, 0.717) is 5.82 Å². The predicted molar refractivity (Wildman–Crippen MR) is 76.2 cm³/mol. The van der Waals surface area contributed by atoms with Crippen LogP contribution >= 0.6 is 0 Å². The van der Waals surface area contributed by atoms with Crippen molar-refractivity contribution in [2.24, 2.45) is 5.92 Å². The highest BCUT2D eigenvalue weighted by Crippen LogP contribution is 2.20. The van der Waals surface area contributed by atoms with Crippen molar-refractivity contribution in [1.29, 1.82) is 0 Å². The van der Waals surface area contributed by atoms with E-state index < -0.39 is 0 Å². The van der Waals surface area contributed by atoms with Gasteiger partial charge in [-0.3, -0.25) is 9.89 Å². The smallest absolute Gasteiger partial charge is 0.228 e. The molecule has 1 saturated heterocycles. The van der Waals surface area contributed by atoms with Gasteiger partial charge in [-0.15, -0.1) is 0 Å². The van der Waals surface area contributed by atoms with Crippen molar-refractivity contribution in [1.82, 2.24) is 20.5 Å². The van der Waals surface area contributed by atoms with Gasteiger partial charge in [0, 0.05) is 17.8 Å². The number of hydrogen-bond acceptors (Lipinski definition) is 4. The summed E-state index contributed by atoms with van der Waals surface area (Å²) in [5.41, 5.74) is 1.67. The summed E-state index contributed by atoms with van der Waals surface area (Å²) < 4.78 is 0. The van der Waals surface area contributed by atoms with Crippen molar-refractivity contribution in [3.05, 3.63) is 30.1 Å². The topological polar surface area (TPSA) is 82.7 Å². The number of aromatic nitrogens is 3. The first-order chi connectivity index (χ1) is 9.72. The zero-order valence-corrected chi connectivity index (χ0v) is 11.3. The van der Waals surface area contributed by atoms with Crippen LogP contribution in [0.5, 0.6) is 0 Å². The van der Waals surface area contributed by atoms with Gasteiger partial charge in [-0.2, -0.15) is 5.10 Å². The third-order valence-corrected chi connectivity index (χ3v) is 3.42. The Balaban J connectivity index is 1.75. The van der Waals surface area contributed by atoms with Crippen molar-refractivity contribution in [3.63, 3.8) is 0 Å². The second-order valence-electron chi connectivity index (χ2n) is 5.00. The number of hydrogen-bond donors (Lipinski definition) is 3. The molecule has 3 N–H and O–H groups in total. The standard InChI is InChI=1S/C14H17N5O/c1-9-16-13(19-18-9)10-3-2-4-12(7-10)17-14(20)11-5-6-15-8-11/h2-4,7,11,15H,5-6,8H2,1H3,(H,17,20)(H,16,18,19). The Bertz CT molecular complexity index is 616. The van der Waals surface area contributed by atoms with E-state index in [0.717, 1.165) is 36.6 Å². The molecule has 1 amide bonds. The highest BCUT2D eigenvalue weighted by Gasteiger charge is 2.22. The highest BCUT2D eigenvalue weighted by molar-refractivity contribution is 5.93. The number of nitrogens with one attached hydrogen (secondary N) is 3. The molecule has 0 aliphatic carbocycles. The summed E-state index contributed by atoms with van der Waals surface area (Å²) >= 11 is 0. The molecule has 6 heteroatoms. The minimum atomic E-state index is 0.0596. The van der Waals surface area contributed by atoms with Gasteiger partial charge in [-0.05, 0) is 32.0 Å². The Hall–Kier alpha value is -2.21. The number of benzene rings is 1.